The van der Waals surface area contributed by atoms with Crippen molar-refractivity contribution >= 4 is 15.9 Å². The molecule has 1 aromatic carbocycles. The van der Waals surface area contributed by atoms with Crippen LogP contribution < -0.4 is 5.73 Å². The van der Waals surface area contributed by atoms with Crippen LogP contribution in [0.25, 0.3) is 11.3 Å². The van der Waals surface area contributed by atoms with Gasteiger partial charge in [0.2, 0.25) is 10.0 Å². The number of primary amides is 1. The highest BCUT2D eigenvalue weighted by Crippen LogP contribution is 2.22. The number of H-pyrrole nitrogens is 1. The number of nitrogens with zero attached hydrogens (tertiary/aromatic N) is 3. The van der Waals surface area contributed by atoms with E-state index >= 15 is 0 Å². The Bertz CT molecular complexity index is 734. The van der Waals surface area contributed by atoms with Gasteiger partial charge in [-0.1, -0.05) is 12.1 Å². The Balaban J connectivity index is 2.43. The van der Waals surface area contributed by atoms with E-state index in [1.165, 1.54) is 26.2 Å². The summed E-state index contributed by atoms with van der Waals surface area (Å²) in [5.74, 6) is -0.710. The monoisotopic (exact) mass is 295 g/mol. The van der Waals surface area contributed by atoms with Gasteiger partial charge in [0.25, 0.3) is 5.91 Å². The molecule has 0 spiro atoms. The van der Waals surface area contributed by atoms with Crippen molar-refractivity contribution in [1.82, 2.24) is 19.7 Å². The molecular weight excluding hydrogens is 282 g/mol. The lowest BCUT2D eigenvalue weighted by atomic mass is 10.1. The zero-order valence-electron chi connectivity index (χ0n) is 10.9. The largest absolute Gasteiger partial charge is 0.364 e. The third-order valence-electron chi connectivity index (χ3n) is 2.69. The maximum atomic E-state index is 11.9. The van der Waals surface area contributed by atoms with Crippen molar-refractivity contribution in [2.24, 2.45) is 5.73 Å². The highest BCUT2D eigenvalue weighted by Gasteiger charge is 2.19. The van der Waals surface area contributed by atoms with Gasteiger partial charge in [0.1, 0.15) is 5.69 Å². The molecule has 2 rings (SSSR count). The van der Waals surface area contributed by atoms with Gasteiger partial charge in [-0.2, -0.15) is 15.4 Å². The minimum absolute atomic E-state index is 0.00761. The van der Waals surface area contributed by atoms with Crippen LogP contribution in [0.3, 0.4) is 0 Å². The van der Waals surface area contributed by atoms with Crippen LogP contribution in [0.1, 0.15) is 10.5 Å². The number of rotatable bonds is 4. The van der Waals surface area contributed by atoms with E-state index in [1.807, 2.05) is 0 Å². The number of hydrogen-bond acceptors (Lipinski definition) is 5. The minimum Gasteiger partial charge on any atom is -0.364 e. The number of nitrogens with one attached hydrogen (secondary N) is 1. The summed E-state index contributed by atoms with van der Waals surface area (Å²) in [4.78, 5) is 11.3. The van der Waals surface area contributed by atoms with E-state index in [-0.39, 0.29) is 16.3 Å². The molecule has 9 heteroatoms. The summed E-state index contributed by atoms with van der Waals surface area (Å²) in [5.41, 5.74) is 6.01. The van der Waals surface area contributed by atoms with Gasteiger partial charge in [0.05, 0.1) is 4.90 Å². The lowest BCUT2D eigenvalue weighted by Crippen LogP contribution is -2.22. The highest BCUT2D eigenvalue weighted by molar-refractivity contribution is 7.89. The van der Waals surface area contributed by atoms with Crippen molar-refractivity contribution in [3.8, 4) is 11.3 Å². The molecule has 0 radical (unpaired) electrons. The molecule has 1 amide bonds. The molecule has 0 bridgehead atoms. The van der Waals surface area contributed by atoms with Crippen LogP contribution in [0.2, 0.25) is 0 Å². The van der Waals surface area contributed by atoms with Crippen molar-refractivity contribution in [2.75, 3.05) is 14.1 Å². The first-order valence-electron chi connectivity index (χ1n) is 5.57. The predicted molar refractivity (Wildman–Crippen MR) is 71.2 cm³/mol. The summed E-state index contributed by atoms with van der Waals surface area (Å²) in [5, 5.41) is 9.81. The van der Waals surface area contributed by atoms with Gasteiger partial charge >= 0.3 is 0 Å². The van der Waals surface area contributed by atoms with E-state index in [9.17, 15) is 13.2 Å². The lowest BCUT2D eigenvalue weighted by molar-refractivity contribution is 0.0996. The van der Waals surface area contributed by atoms with Crippen LogP contribution in [-0.4, -0.2) is 48.1 Å². The van der Waals surface area contributed by atoms with Crippen molar-refractivity contribution in [2.45, 2.75) is 4.90 Å². The fourth-order valence-corrected chi connectivity index (χ4v) is 2.50. The van der Waals surface area contributed by atoms with Gasteiger partial charge in [-0.3, -0.25) is 4.79 Å². The van der Waals surface area contributed by atoms with E-state index in [2.05, 4.69) is 15.4 Å². The normalized spacial score (nSPS) is 11.8. The van der Waals surface area contributed by atoms with Crippen LogP contribution in [0.15, 0.2) is 29.2 Å². The first-order chi connectivity index (χ1) is 9.34. The summed E-state index contributed by atoms with van der Waals surface area (Å²) in [7, 11) is -0.590. The second-order valence-electron chi connectivity index (χ2n) is 4.20. The van der Waals surface area contributed by atoms with Gasteiger partial charge in [0.15, 0.2) is 5.69 Å². The summed E-state index contributed by atoms with van der Waals surface area (Å²) >= 11 is 0. The Labute approximate surface area is 115 Å². The molecule has 0 aliphatic heterocycles. The maximum Gasteiger partial charge on any atom is 0.271 e. The van der Waals surface area contributed by atoms with Crippen molar-refractivity contribution in [3.05, 3.63) is 30.0 Å². The molecule has 2 aromatic rings. The highest BCUT2D eigenvalue weighted by atomic mass is 32.2. The SMILES string of the molecule is CN(C)S(=O)(=O)c1ccc(-c2n[nH]nc2C(N)=O)cc1. The minimum atomic E-state index is -3.49. The molecule has 8 nitrogen and oxygen atoms in total. The maximum absolute atomic E-state index is 11.9. The Morgan fingerprint density at radius 2 is 1.80 bits per heavy atom. The van der Waals surface area contributed by atoms with Gasteiger partial charge in [0, 0.05) is 19.7 Å². The molecule has 3 N–H and O–H groups in total. The summed E-state index contributed by atoms with van der Waals surface area (Å²) < 4.78 is 25.0. The van der Waals surface area contributed by atoms with E-state index in [1.54, 1.807) is 12.1 Å². The number of benzene rings is 1. The molecule has 0 saturated carbocycles. The number of amides is 1. The number of hydrogen-bond donors (Lipinski definition) is 2. The molecule has 1 aromatic heterocycles. The number of aromatic amines is 1. The third-order valence-corrected chi connectivity index (χ3v) is 4.52. The number of sulfonamides is 1. The Hall–Kier alpha value is -2.26. The zero-order valence-corrected chi connectivity index (χ0v) is 11.7. The van der Waals surface area contributed by atoms with Gasteiger partial charge < -0.3 is 5.73 Å². The molecule has 20 heavy (non-hydrogen) atoms. The van der Waals surface area contributed by atoms with Gasteiger partial charge in [-0.15, -0.1) is 0 Å². The Morgan fingerprint density at radius 3 is 2.30 bits per heavy atom. The number of carbonyl (C=O) groups is 1. The van der Waals surface area contributed by atoms with Crippen LogP contribution in [-0.2, 0) is 10.0 Å². The second kappa shape index (κ2) is 5.02. The number of aromatic nitrogens is 3. The van der Waals surface area contributed by atoms with Crippen LogP contribution in [0.4, 0.5) is 0 Å². The first kappa shape index (κ1) is 14.2. The molecule has 1 heterocycles. The van der Waals surface area contributed by atoms with E-state index < -0.39 is 15.9 Å². The van der Waals surface area contributed by atoms with E-state index in [0.29, 0.717) is 5.56 Å². The predicted octanol–water partition coefficient (Wildman–Crippen LogP) is -0.179. The quantitative estimate of drug-likeness (QED) is 0.810. The molecule has 0 fully saturated rings. The molecule has 0 atom stereocenters. The smallest absolute Gasteiger partial charge is 0.271 e. The van der Waals surface area contributed by atoms with Crippen LogP contribution in [0, 0.1) is 0 Å². The fourth-order valence-electron chi connectivity index (χ4n) is 1.60. The van der Waals surface area contributed by atoms with Crippen molar-refractivity contribution in [3.63, 3.8) is 0 Å². The number of nitrogens with two attached hydrogens (primary N) is 1. The fraction of sp³-hybridized carbons (Fsp3) is 0.182. The average Bonchev–Trinajstić information content (AvgIpc) is 2.88. The summed E-state index contributed by atoms with van der Waals surface area (Å²) in [6.07, 6.45) is 0. The topological polar surface area (TPSA) is 122 Å². The summed E-state index contributed by atoms with van der Waals surface area (Å²) in [6, 6.07) is 5.95. The molecule has 0 saturated heterocycles. The third kappa shape index (κ3) is 2.40. The summed E-state index contributed by atoms with van der Waals surface area (Å²) in [6.45, 7) is 0. The molecular formula is C11H13N5O3S. The lowest BCUT2D eigenvalue weighted by Gasteiger charge is -2.11. The van der Waals surface area contributed by atoms with Crippen molar-refractivity contribution < 1.29 is 13.2 Å². The standard InChI is InChI=1S/C11H13N5O3S/c1-16(2)20(18,19)8-5-3-7(4-6-8)9-10(11(12)17)14-15-13-9/h3-6H,1-2H3,(H2,12,17)(H,13,14,15). The van der Waals surface area contributed by atoms with E-state index in [4.69, 9.17) is 5.73 Å². The molecule has 106 valence electrons. The van der Waals surface area contributed by atoms with Crippen LogP contribution in [0.5, 0.6) is 0 Å². The van der Waals surface area contributed by atoms with Crippen LogP contribution >= 0.6 is 0 Å². The molecule has 0 unspecified atom stereocenters. The molecule has 0 aliphatic rings. The van der Waals surface area contributed by atoms with Gasteiger partial charge in [-0.25, -0.2) is 12.7 Å². The first-order valence-corrected chi connectivity index (χ1v) is 7.01. The zero-order chi connectivity index (χ0) is 14.9. The average molecular weight is 295 g/mol. The number of carbonyl (C=O) groups excluding carboxylic acids is 1. The second-order valence-corrected chi connectivity index (χ2v) is 6.35. The van der Waals surface area contributed by atoms with Gasteiger partial charge in [-0.05, 0) is 12.1 Å². The Kier molecular flexibility index (Phi) is 3.55. The van der Waals surface area contributed by atoms with E-state index in [0.717, 1.165) is 4.31 Å². The van der Waals surface area contributed by atoms with Crippen molar-refractivity contribution in [1.29, 1.82) is 0 Å². The Morgan fingerprint density at radius 1 is 1.20 bits per heavy atom. The molecule has 0 aliphatic carbocycles.